The molecular weight excluding hydrogens is 92.1 g/mol. The maximum atomic E-state index is 8.60. The molecule has 0 aromatic rings. The van der Waals surface area contributed by atoms with Crippen LogP contribution in [0.5, 0.6) is 0 Å². The van der Waals surface area contributed by atoms with Crippen LogP contribution in [0.25, 0.3) is 0 Å². The summed E-state index contributed by atoms with van der Waals surface area (Å²) in [5.74, 6) is 0. The molecule has 0 amide bonds. The molecule has 0 aromatic carbocycles. The van der Waals surface area contributed by atoms with Crippen LogP contribution in [0, 0.1) is 0 Å². The SMILES string of the molecule is OC1N=CCCN1. The maximum Gasteiger partial charge on any atom is 0.201 e. The van der Waals surface area contributed by atoms with E-state index in [1.807, 2.05) is 0 Å². The molecule has 1 heterocycles. The number of hydrogen-bond acceptors (Lipinski definition) is 3. The van der Waals surface area contributed by atoms with Gasteiger partial charge in [0.15, 0.2) is 0 Å². The predicted molar refractivity (Wildman–Crippen MR) is 27.1 cm³/mol. The summed E-state index contributed by atoms with van der Waals surface area (Å²) in [6, 6.07) is 0. The lowest BCUT2D eigenvalue weighted by molar-refractivity contribution is 0.144. The number of aliphatic hydroxyl groups excluding tert-OH is 1. The molecule has 0 fully saturated rings. The number of rotatable bonds is 0. The minimum absolute atomic E-state index is 0.645. The first-order valence-electron chi connectivity index (χ1n) is 2.33. The molecule has 1 aliphatic rings. The molecule has 7 heavy (non-hydrogen) atoms. The Morgan fingerprint density at radius 2 is 2.71 bits per heavy atom. The van der Waals surface area contributed by atoms with E-state index in [1.54, 1.807) is 6.21 Å². The number of hydrogen-bond donors (Lipinski definition) is 2. The number of nitrogens with zero attached hydrogens (tertiary/aromatic N) is 1. The van der Waals surface area contributed by atoms with Crippen molar-refractivity contribution in [1.82, 2.24) is 5.32 Å². The first-order valence-corrected chi connectivity index (χ1v) is 2.33. The van der Waals surface area contributed by atoms with Crippen LogP contribution in [0.1, 0.15) is 6.42 Å². The molecular formula is C4H8N2O. The third-order valence-electron chi connectivity index (χ3n) is 0.847. The molecule has 0 aromatic heterocycles. The standard InChI is InChI=1S/C4H8N2O/c7-4-5-2-1-3-6-4/h2,4,6-7H,1,3H2. The van der Waals surface area contributed by atoms with Crippen LogP contribution in [0.3, 0.4) is 0 Å². The lowest BCUT2D eigenvalue weighted by Gasteiger charge is -2.09. The molecule has 2 N–H and O–H groups in total. The molecule has 3 heteroatoms. The summed E-state index contributed by atoms with van der Waals surface area (Å²) in [6.45, 7) is 0.838. The number of aliphatic hydroxyl groups is 1. The zero-order valence-electron chi connectivity index (χ0n) is 3.96. The van der Waals surface area contributed by atoms with Gasteiger partial charge >= 0.3 is 0 Å². The van der Waals surface area contributed by atoms with E-state index >= 15 is 0 Å². The second-order valence-corrected chi connectivity index (χ2v) is 1.45. The van der Waals surface area contributed by atoms with Crippen LogP contribution >= 0.6 is 0 Å². The summed E-state index contributed by atoms with van der Waals surface area (Å²) in [6.07, 6.45) is 2.01. The molecule has 1 aliphatic heterocycles. The van der Waals surface area contributed by atoms with Gasteiger partial charge in [0.2, 0.25) is 6.35 Å². The predicted octanol–water partition coefficient (Wildman–Crippen LogP) is -0.674. The normalized spacial score (nSPS) is 30.7. The molecule has 0 spiro atoms. The van der Waals surface area contributed by atoms with Crippen LogP contribution in [-0.2, 0) is 0 Å². The van der Waals surface area contributed by atoms with Gasteiger partial charge < -0.3 is 5.11 Å². The van der Waals surface area contributed by atoms with Crippen molar-refractivity contribution in [3.63, 3.8) is 0 Å². The molecule has 0 bridgehead atoms. The van der Waals surface area contributed by atoms with Crippen molar-refractivity contribution in [2.45, 2.75) is 12.8 Å². The Hall–Kier alpha value is -0.410. The largest absolute Gasteiger partial charge is 0.360 e. The highest BCUT2D eigenvalue weighted by Gasteiger charge is 1.99. The Morgan fingerprint density at radius 1 is 1.86 bits per heavy atom. The molecule has 1 rings (SSSR count). The van der Waals surface area contributed by atoms with Crippen molar-refractivity contribution in [3.8, 4) is 0 Å². The summed E-state index contributed by atoms with van der Waals surface area (Å²) < 4.78 is 0. The fraction of sp³-hybridized carbons (Fsp3) is 0.750. The van der Waals surface area contributed by atoms with Crippen molar-refractivity contribution >= 4 is 6.21 Å². The van der Waals surface area contributed by atoms with Crippen molar-refractivity contribution in [3.05, 3.63) is 0 Å². The lowest BCUT2D eigenvalue weighted by atomic mass is 10.4. The fourth-order valence-corrected chi connectivity index (χ4v) is 0.504. The van der Waals surface area contributed by atoms with E-state index in [1.165, 1.54) is 0 Å². The average Bonchev–Trinajstić information content (AvgIpc) is 1.69. The first-order chi connectivity index (χ1) is 3.39. The minimum Gasteiger partial charge on any atom is -0.360 e. The van der Waals surface area contributed by atoms with Crippen molar-refractivity contribution < 1.29 is 5.11 Å². The second-order valence-electron chi connectivity index (χ2n) is 1.45. The fourth-order valence-electron chi connectivity index (χ4n) is 0.504. The van der Waals surface area contributed by atoms with E-state index in [0.29, 0.717) is 0 Å². The molecule has 0 radical (unpaired) electrons. The maximum absolute atomic E-state index is 8.60. The lowest BCUT2D eigenvalue weighted by Crippen LogP contribution is -2.31. The minimum atomic E-state index is -0.645. The van der Waals surface area contributed by atoms with Gasteiger partial charge in [-0.3, -0.25) is 10.3 Å². The Bertz CT molecular complexity index is 81.8. The summed E-state index contributed by atoms with van der Waals surface area (Å²) >= 11 is 0. The van der Waals surface area contributed by atoms with Gasteiger partial charge in [-0.2, -0.15) is 0 Å². The highest BCUT2D eigenvalue weighted by atomic mass is 16.3. The highest BCUT2D eigenvalue weighted by Crippen LogP contribution is 1.85. The quantitative estimate of drug-likeness (QED) is 0.424. The molecule has 0 saturated heterocycles. The van der Waals surface area contributed by atoms with Gasteiger partial charge in [-0.05, 0) is 6.42 Å². The van der Waals surface area contributed by atoms with E-state index < -0.39 is 6.35 Å². The Balaban J connectivity index is 2.36. The first kappa shape index (κ1) is 4.74. The van der Waals surface area contributed by atoms with E-state index in [9.17, 15) is 0 Å². The Morgan fingerprint density at radius 3 is 3.00 bits per heavy atom. The topological polar surface area (TPSA) is 44.6 Å². The molecule has 40 valence electrons. The monoisotopic (exact) mass is 100 g/mol. The molecule has 0 aliphatic carbocycles. The van der Waals surface area contributed by atoms with Crippen LogP contribution in [0.15, 0.2) is 4.99 Å². The summed E-state index contributed by atoms with van der Waals surface area (Å²) in [4.78, 5) is 3.65. The number of nitrogens with one attached hydrogen (secondary N) is 1. The van der Waals surface area contributed by atoms with Gasteiger partial charge in [0.25, 0.3) is 0 Å². The van der Waals surface area contributed by atoms with Crippen LogP contribution in [0.2, 0.25) is 0 Å². The van der Waals surface area contributed by atoms with Gasteiger partial charge in [-0.15, -0.1) is 0 Å². The van der Waals surface area contributed by atoms with Gasteiger partial charge in [0, 0.05) is 12.8 Å². The van der Waals surface area contributed by atoms with Crippen molar-refractivity contribution in [2.75, 3.05) is 6.54 Å². The van der Waals surface area contributed by atoms with Crippen LogP contribution < -0.4 is 5.32 Å². The zero-order valence-corrected chi connectivity index (χ0v) is 3.96. The van der Waals surface area contributed by atoms with Gasteiger partial charge in [-0.1, -0.05) is 0 Å². The smallest absolute Gasteiger partial charge is 0.201 e. The van der Waals surface area contributed by atoms with E-state index in [2.05, 4.69) is 10.3 Å². The Labute approximate surface area is 42.1 Å². The highest BCUT2D eigenvalue weighted by molar-refractivity contribution is 5.58. The van der Waals surface area contributed by atoms with Gasteiger partial charge in [0.05, 0.1) is 0 Å². The third-order valence-corrected chi connectivity index (χ3v) is 0.847. The van der Waals surface area contributed by atoms with E-state index in [-0.39, 0.29) is 0 Å². The summed E-state index contributed by atoms with van der Waals surface area (Å²) in [7, 11) is 0. The average molecular weight is 100 g/mol. The van der Waals surface area contributed by atoms with Gasteiger partial charge in [-0.25, -0.2) is 0 Å². The van der Waals surface area contributed by atoms with Crippen LogP contribution in [0.4, 0.5) is 0 Å². The summed E-state index contributed by atoms with van der Waals surface area (Å²) in [5, 5.41) is 11.3. The molecule has 0 saturated carbocycles. The molecule has 1 atom stereocenters. The second kappa shape index (κ2) is 2.04. The van der Waals surface area contributed by atoms with E-state index in [0.717, 1.165) is 13.0 Å². The zero-order chi connectivity index (χ0) is 5.11. The Kier molecular flexibility index (Phi) is 1.38. The van der Waals surface area contributed by atoms with Crippen LogP contribution in [-0.4, -0.2) is 24.2 Å². The summed E-state index contributed by atoms with van der Waals surface area (Å²) in [5.41, 5.74) is 0. The number of aliphatic imine (C=N–C) groups is 1. The van der Waals surface area contributed by atoms with Gasteiger partial charge in [0.1, 0.15) is 0 Å². The van der Waals surface area contributed by atoms with E-state index in [4.69, 9.17) is 5.11 Å². The van der Waals surface area contributed by atoms with Crippen molar-refractivity contribution in [2.24, 2.45) is 4.99 Å². The molecule has 1 unspecified atom stereocenters. The van der Waals surface area contributed by atoms with Crippen molar-refractivity contribution in [1.29, 1.82) is 0 Å². The molecule has 3 nitrogen and oxygen atoms in total. The third kappa shape index (κ3) is 1.25.